The zero-order chi connectivity index (χ0) is 29.0. The van der Waals surface area contributed by atoms with Crippen LogP contribution in [-0.2, 0) is 12.7 Å². The van der Waals surface area contributed by atoms with E-state index in [1.165, 1.54) is 13.3 Å². The Morgan fingerprint density at radius 2 is 1.98 bits per heavy atom. The number of anilines is 2. The first-order valence-corrected chi connectivity index (χ1v) is 12.3. The Morgan fingerprint density at radius 3 is 2.65 bits per heavy atom. The number of hydrogen-bond donors (Lipinski definition) is 4. The summed E-state index contributed by atoms with van der Waals surface area (Å²) in [5.74, 6) is -0.461. The van der Waals surface area contributed by atoms with Crippen molar-refractivity contribution < 1.29 is 22.7 Å². The van der Waals surface area contributed by atoms with Gasteiger partial charge in [0, 0.05) is 47.9 Å². The summed E-state index contributed by atoms with van der Waals surface area (Å²) in [5.41, 5.74) is 8.68. The van der Waals surface area contributed by atoms with E-state index in [0.29, 0.717) is 22.5 Å². The van der Waals surface area contributed by atoms with Gasteiger partial charge in [0.1, 0.15) is 11.8 Å². The van der Waals surface area contributed by atoms with Crippen LogP contribution in [0.1, 0.15) is 52.0 Å². The van der Waals surface area contributed by atoms with Gasteiger partial charge in [-0.3, -0.25) is 14.8 Å². The number of aromatic nitrogens is 1. The molecule has 2 aromatic carbocycles. The molecule has 2 heterocycles. The molecule has 9 nitrogen and oxygen atoms in total. The lowest BCUT2D eigenvalue weighted by molar-refractivity contribution is -0.137. The number of halogens is 3. The van der Waals surface area contributed by atoms with Crippen molar-refractivity contribution in [2.24, 2.45) is 0 Å². The maximum absolute atomic E-state index is 13.7. The van der Waals surface area contributed by atoms with Crippen LogP contribution in [0.5, 0.6) is 5.75 Å². The van der Waals surface area contributed by atoms with Crippen LogP contribution in [0.3, 0.4) is 0 Å². The average molecular weight is 552 g/mol. The molecule has 0 aliphatic carbocycles. The first kappa shape index (κ1) is 28.4. The number of amides is 1. The number of alkyl halides is 3. The molecule has 4 rings (SSSR count). The van der Waals surface area contributed by atoms with Gasteiger partial charge in [0.2, 0.25) is 0 Å². The van der Waals surface area contributed by atoms with E-state index in [2.05, 4.69) is 26.6 Å². The van der Waals surface area contributed by atoms with Crippen LogP contribution >= 0.6 is 0 Å². The number of hydrogen-bond acceptors (Lipinski definition) is 8. The summed E-state index contributed by atoms with van der Waals surface area (Å²) in [6.07, 6.45) is 0.191. The van der Waals surface area contributed by atoms with E-state index >= 15 is 0 Å². The van der Waals surface area contributed by atoms with Gasteiger partial charge in [-0.15, -0.1) is 5.53 Å². The number of aryl methyl sites for hydroxylation is 1. The Balaban J connectivity index is 1.64. The lowest BCUT2D eigenvalue weighted by Crippen LogP contribution is -2.36. The van der Waals surface area contributed by atoms with Gasteiger partial charge in [-0.1, -0.05) is 19.9 Å². The van der Waals surface area contributed by atoms with Crippen LogP contribution in [0.2, 0.25) is 0 Å². The Hall–Kier alpha value is -4.60. The number of ether oxygens (including phenoxy) is 1. The predicted molar refractivity (Wildman–Crippen MR) is 145 cm³/mol. The van der Waals surface area contributed by atoms with Crippen LogP contribution < -0.4 is 31.3 Å². The number of carbonyl (C=O) groups excluding carboxylic acids is 1. The highest BCUT2D eigenvalue weighted by atomic mass is 19.4. The molecule has 1 aliphatic rings. The number of hydrazine groups is 2. The topological polar surface area (TPSA) is 114 Å². The molecule has 1 aliphatic heterocycles. The van der Waals surface area contributed by atoms with Crippen LogP contribution in [0.25, 0.3) is 5.70 Å². The Kier molecular flexibility index (Phi) is 8.27. The maximum atomic E-state index is 13.7. The van der Waals surface area contributed by atoms with Crippen molar-refractivity contribution >= 4 is 23.0 Å². The molecule has 0 atom stereocenters. The average Bonchev–Trinajstić information content (AvgIpc) is 3.41. The minimum atomic E-state index is -4.61. The number of carbonyl (C=O) groups is 1. The van der Waals surface area contributed by atoms with Crippen molar-refractivity contribution in [1.29, 1.82) is 5.26 Å². The smallest absolute Gasteiger partial charge is 0.416 e. The second-order valence-electron chi connectivity index (χ2n) is 9.43. The van der Waals surface area contributed by atoms with Crippen molar-refractivity contribution in [3.05, 3.63) is 88.4 Å². The molecule has 4 N–H and O–H groups in total. The van der Waals surface area contributed by atoms with E-state index < -0.39 is 17.6 Å². The number of benzene rings is 2. The number of methoxy groups -OCH3 is 1. The zero-order valence-corrected chi connectivity index (χ0v) is 22.3. The fourth-order valence-corrected chi connectivity index (χ4v) is 4.08. The molecule has 0 unspecified atom stereocenters. The number of nitriles is 1. The van der Waals surface area contributed by atoms with Gasteiger partial charge in [0.15, 0.2) is 0 Å². The van der Waals surface area contributed by atoms with Crippen LogP contribution in [0.15, 0.2) is 55.0 Å². The molecule has 0 radical (unpaired) electrons. The molecule has 3 aromatic rings. The Morgan fingerprint density at radius 1 is 1.20 bits per heavy atom. The molecule has 0 fully saturated rings. The van der Waals surface area contributed by atoms with Gasteiger partial charge in [0.05, 0.1) is 35.3 Å². The summed E-state index contributed by atoms with van der Waals surface area (Å²) in [5, 5.41) is 16.5. The Labute approximate surface area is 229 Å². The third kappa shape index (κ3) is 6.33. The minimum Gasteiger partial charge on any atom is -0.494 e. The monoisotopic (exact) mass is 551 g/mol. The highest BCUT2D eigenvalue weighted by Crippen LogP contribution is 2.38. The first-order valence-electron chi connectivity index (χ1n) is 12.3. The third-order valence-corrected chi connectivity index (χ3v) is 6.12. The number of pyridine rings is 1. The fraction of sp³-hybridized carbons (Fsp3) is 0.250. The standard InChI is InChI=1S/C28H28F3N7O2/c1-16(2)34-14-21-8-22(28(29,30)31)10-23(26(21)40-4)35-27(39)19-6-5-17(3)25(9-19)38-15-24(36-37-38)20-7-18(11-32)12-33-13-20/h5-10,12-13,15-16,34,36-37H,14H2,1-4H3,(H,35,39). The van der Waals surface area contributed by atoms with Crippen molar-refractivity contribution in [3.8, 4) is 11.8 Å². The molecule has 1 aromatic heterocycles. The normalized spacial score (nSPS) is 13.1. The van der Waals surface area contributed by atoms with Gasteiger partial charge < -0.3 is 20.8 Å². The molecule has 0 bridgehead atoms. The van der Waals surface area contributed by atoms with E-state index in [9.17, 15) is 18.0 Å². The largest absolute Gasteiger partial charge is 0.494 e. The number of rotatable bonds is 8. The van der Waals surface area contributed by atoms with E-state index in [4.69, 9.17) is 10.00 Å². The van der Waals surface area contributed by atoms with Crippen molar-refractivity contribution in [3.63, 3.8) is 0 Å². The van der Waals surface area contributed by atoms with Gasteiger partial charge in [-0.05, 0) is 42.8 Å². The first-order chi connectivity index (χ1) is 19.0. The molecular weight excluding hydrogens is 523 g/mol. The van der Waals surface area contributed by atoms with Crippen LogP contribution in [0.4, 0.5) is 24.5 Å². The van der Waals surface area contributed by atoms with Gasteiger partial charge in [-0.25, -0.2) is 0 Å². The molecule has 1 amide bonds. The number of nitrogens with one attached hydrogen (secondary N) is 4. The summed E-state index contributed by atoms with van der Waals surface area (Å²) in [7, 11) is 1.35. The SMILES string of the molecule is COc1c(CNC(C)C)cc(C(F)(F)F)cc1NC(=O)c1ccc(C)c(N2C=C(c3cncc(C#N)c3)NN2)c1. The number of nitrogens with zero attached hydrogens (tertiary/aromatic N) is 3. The highest BCUT2D eigenvalue weighted by Gasteiger charge is 2.33. The van der Waals surface area contributed by atoms with Crippen LogP contribution in [0, 0.1) is 18.3 Å². The Bertz CT molecular complexity index is 1500. The molecule has 40 heavy (non-hydrogen) atoms. The quantitative estimate of drug-likeness (QED) is 0.314. The molecule has 0 saturated heterocycles. The lowest BCUT2D eigenvalue weighted by Gasteiger charge is -2.20. The van der Waals surface area contributed by atoms with Gasteiger partial charge >= 0.3 is 6.18 Å². The second kappa shape index (κ2) is 11.6. The molecule has 0 spiro atoms. The predicted octanol–water partition coefficient (Wildman–Crippen LogP) is 4.87. The van der Waals surface area contributed by atoms with Crippen molar-refractivity contribution in [2.75, 3.05) is 17.4 Å². The highest BCUT2D eigenvalue weighted by molar-refractivity contribution is 6.06. The zero-order valence-electron chi connectivity index (χ0n) is 22.3. The van der Waals surface area contributed by atoms with Gasteiger partial charge in [-0.2, -0.15) is 18.4 Å². The second-order valence-corrected chi connectivity index (χ2v) is 9.43. The third-order valence-electron chi connectivity index (χ3n) is 6.12. The summed E-state index contributed by atoms with van der Waals surface area (Å²) in [6, 6.07) is 10.6. The van der Waals surface area contributed by atoms with Crippen LogP contribution in [-0.4, -0.2) is 24.0 Å². The summed E-state index contributed by atoms with van der Waals surface area (Å²) < 4.78 is 46.5. The van der Waals surface area contributed by atoms with E-state index in [1.807, 2.05) is 26.8 Å². The van der Waals surface area contributed by atoms with Crippen molar-refractivity contribution in [2.45, 2.75) is 39.5 Å². The van der Waals surface area contributed by atoms with Crippen molar-refractivity contribution in [1.82, 2.24) is 21.3 Å². The summed E-state index contributed by atoms with van der Waals surface area (Å²) in [6.45, 7) is 5.73. The molecule has 12 heteroatoms. The summed E-state index contributed by atoms with van der Waals surface area (Å²) >= 11 is 0. The van der Waals surface area contributed by atoms with E-state index in [-0.39, 0.29) is 35.2 Å². The van der Waals surface area contributed by atoms with Gasteiger partial charge in [0.25, 0.3) is 5.91 Å². The maximum Gasteiger partial charge on any atom is 0.416 e. The molecule has 208 valence electrons. The van der Waals surface area contributed by atoms with E-state index in [1.54, 1.807) is 41.7 Å². The molecule has 0 saturated carbocycles. The lowest BCUT2D eigenvalue weighted by atomic mass is 10.1. The minimum absolute atomic E-state index is 0.0260. The fourth-order valence-electron chi connectivity index (χ4n) is 4.08. The van der Waals surface area contributed by atoms with E-state index in [0.717, 1.165) is 17.7 Å². The summed E-state index contributed by atoms with van der Waals surface area (Å²) in [4.78, 5) is 17.4. The molecular formula is C28H28F3N7O2.